The summed E-state index contributed by atoms with van der Waals surface area (Å²) in [5.41, 5.74) is 5.43. The van der Waals surface area contributed by atoms with E-state index in [1.54, 1.807) is 0 Å². The molecule has 0 atom stereocenters. The topological polar surface area (TPSA) is 84.4 Å². The average Bonchev–Trinajstić information content (AvgIpc) is 2.50. The minimum Gasteiger partial charge on any atom is -0.411 e. The van der Waals surface area contributed by atoms with Crippen molar-refractivity contribution >= 4 is 6.21 Å². The van der Waals surface area contributed by atoms with E-state index in [0.29, 0.717) is 13.0 Å². The van der Waals surface area contributed by atoms with E-state index in [4.69, 9.17) is 10.9 Å². The van der Waals surface area contributed by atoms with Crippen molar-refractivity contribution in [2.24, 2.45) is 10.9 Å². The molecule has 2 aromatic rings. The van der Waals surface area contributed by atoms with Crippen molar-refractivity contribution in [1.82, 2.24) is 9.97 Å². The Kier molecular flexibility index (Phi) is 7.61. The molecule has 3 N–H and O–H groups in total. The Bertz CT molecular complexity index is 667. The lowest BCUT2D eigenvalue weighted by molar-refractivity contribution is 0.320. The van der Waals surface area contributed by atoms with E-state index >= 15 is 0 Å². The van der Waals surface area contributed by atoms with Crippen LogP contribution in [-0.4, -0.2) is 27.9 Å². The summed E-state index contributed by atoms with van der Waals surface area (Å²) in [6.07, 6.45) is 3.34. The van der Waals surface area contributed by atoms with E-state index < -0.39 is 23.3 Å². The standard InChI is InChI=1S/C7H6F2N2O.C7H8F2N2/c8-5-3-6(9)7(10-4-5)1-2-11-12;8-5-3-6(9)7(1-2-10)11-4-5/h2-4,12H,1H2;3-4H,1-2,10H2. The van der Waals surface area contributed by atoms with Gasteiger partial charge in [0, 0.05) is 31.2 Å². The first kappa shape index (κ1) is 18.5. The number of pyridine rings is 2. The molecule has 0 saturated heterocycles. The van der Waals surface area contributed by atoms with Crippen LogP contribution >= 0.6 is 0 Å². The van der Waals surface area contributed by atoms with Crippen LogP contribution in [0, 0.1) is 23.3 Å². The average molecular weight is 330 g/mol. The lowest BCUT2D eigenvalue weighted by Crippen LogP contribution is -2.06. The lowest BCUT2D eigenvalue weighted by atomic mass is 10.2. The van der Waals surface area contributed by atoms with Crippen LogP contribution in [0.3, 0.4) is 0 Å². The molecule has 0 aliphatic carbocycles. The van der Waals surface area contributed by atoms with Crippen LogP contribution < -0.4 is 5.73 Å². The molecule has 5 nitrogen and oxygen atoms in total. The van der Waals surface area contributed by atoms with E-state index in [1.165, 1.54) is 0 Å². The zero-order valence-electron chi connectivity index (χ0n) is 11.9. The summed E-state index contributed by atoms with van der Waals surface area (Å²) in [6.45, 7) is 0.315. The molecular weight excluding hydrogens is 316 g/mol. The van der Waals surface area contributed by atoms with Crippen molar-refractivity contribution in [3.63, 3.8) is 0 Å². The van der Waals surface area contributed by atoms with Crippen molar-refractivity contribution < 1.29 is 22.8 Å². The van der Waals surface area contributed by atoms with Gasteiger partial charge in [0.05, 0.1) is 23.8 Å². The lowest BCUT2D eigenvalue weighted by Gasteiger charge is -1.98. The van der Waals surface area contributed by atoms with Gasteiger partial charge in [-0.3, -0.25) is 9.97 Å². The zero-order valence-corrected chi connectivity index (χ0v) is 11.9. The van der Waals surface area contributed by atoms with Gasteiger partial charge in [0.25, 0.3) is 0 Å². The molecule has 0 spiro atoms. The molecule has 23 heavy (non-hydrogen) atoms. The number of halogens is 4. The monoisotopic (exact) mass is 330 g/mol. The fraction of sp³-hybridized carbons (Fsp3) is 0.214. The van der Waals surface area contributed by atoms with E-state index in [-0.39, 0.29) is 17.8 Å². The third-order valence-corrected chi connectivity index (χ3v) is 2.52. The molecule has 9 heteroatoms. The first-order chi connectivity index (χ1) is 11.0. The Morgan fingerprint density at radius 1 is 1.00 bits per heavy atom. The molecule has 0 saturated carbocycles. The Hall–Kier alpha value is -2.55. The largest absolute Gasteiger partial charge is 0.411 e. The van der Waals surface area contributed by atoms with Gasteiger partial charge in [0.1, 0.15) is 23.3 Å². The van der Waals surface area contributed by atoms with Gasteiger partial charge in [0.15, 0.2) is 0 Å². The number of hydrogen-bond donors (Lipinski definition) is 2. The van der Waals surface area contributed by atoms with Gasteiger partial charge in [-0.05, 0) is 6.54 Å². The number of aromatic nitrogens is 2. The second-order valence-electron chi connectivity index (χ2n) is 4.20. The Labute approximate surface area is 129 Å². The van der Waals surface area contributed by atoms with Crippen LogP contribution in [0.1, 0.15) is 11.4 Å². The second-order valence-corrected chi connectivity index (χ2v) is 4.20. The quantitative estimate of drug-likeness (QED) is 0.390. The van der Waals surface area contributed by atoms with E-state index in [2.05, 4.69) is 15.1 Å². The molecule has 0 amide bonds. The number of hydrogen-bond acceptors (Lipinski definition) is 5. The molecule has 0 unspecified atom stereocenters. The number of rotatable bonds is 4. The summed E-state index contributed by atoms with van der Waals surface area (Å²) in [4.78, 5) is 7.00. The van der Waals surface area contributed by atoms with Crippen LogP contribution in [0.15, 0.2) is 29.7 Å². The highest BCUT2D eigenvalue weighted by atomic mass is 19.1. The van der Waals surface area contributed by atoms with Crippen molar-refractivity contribution in [1.29, 1.82) is 0 Å². The highest BCUT2D eigenvalue weighted by Gasteiger charge is 2.03. The van der Waals surface area contributed by atoms with Gasteiger partial charge in [-0.1, -0.05) is 0 Å². The minimum absolute atomic E-state index is 0.0443. The molecule has 124 valence electrons. The fourth-order valence-electron chi connectivity index (χ4n) is 1.48. The van der Waals surface area contributed by atoms with Crippen molar-refractivity contribution in [2.75, 3.05) is 6.54 Å². The molecule has 0 aliphatic heterocycles. The van der Waals surface area contributed by atoms with Crippen LogP contribution in [-0.2, 0) is 12.8 Å². The molecule has 2 aromatic heterocycles. The molecule has 0 aliphatic rings. The van der Waals surface area contributed by atoms with Crippen LogP contribution in [0.2, 0.25) is 0 Å². The number of nitrogens with zero attached hydrogens (tertiary/aromatic N) is 3. The smallest absolute Gasteiger partial charge is 0.147 e. The summed E-state index contributed by atoms with van der Waals surface area (Å²) in [5, 5.41) is 10.7. The number of nitrogens with two attached hydrogens (primary N) is 1. The maximum atomic E-state index is 12.7. The Morgan fingerprint density at radius 3 is 1.96 bits per heavy atom. The first-order valence-corrected chi connectivity index (χ1v) is 6.43. The fourth-order valence-corrected chi connectivity index (χ4v) is 1.48. The Balaban J connectivity index is 0.000000231. The molecule has 2 heterocycles. The third-order valence-electron chi connectivity index (χ3n) is 2.52. The van der Waals surface area contributed by atoms with Crippen molar-refractivity contribution in [2.45, 2.75) is 12.8 Å². The SMILES string of the molecule is NCCc1ncc(F)cc1F.ON=CCc1ncc(F)cc1F. The van der Waals surface area contributed by atoms with Crippen LogP contribution in [0.5, 0.6) is 0 Å². The normalized spacial score (nSPS) is 10.5. The van der Waals surface area contributed by atoms with Gasteiger partial charge in [0.2, 0.25) is 0 Å². The molecule has 2 rings (SSSR count). The Morgan fingerprint density at radius 2 is 1.52 bits per heavy atom. The summed E-state index contributed by atoms with van der Waals surface area (Å²) in [6, 6.07) is 1.53. The van der Waals surface area contributed by atoms with Gasteiger partial charge in [-0.2, -0.15) is 0 Å². The maximum absolute atomic E-state index is 12.7. The summed E-state index contributed by atoms with van der Waals surface area (Å²) < 4.78 is 49.9. The van der Waals surface area contributed by atoms with Gasteiger partial charge in [-0.15, -0.1) is 5.16 Å². The maximum Gasteiger partial charge on any atom is 0.147 e. The van der Waals surface area contributed by atoms with Crippen LogP contribution in [0.25, 0.3) is 0 Å². The van der Waals surface area contributed by atoms with E-state index in [0.717, 1.165) is 30.7 Å². The summed E-state index contributed by atoms with van der Waals surface area (Å²) in [7, 11) is 0. The molecular formula is C14H14F4N4O. The highest BCUT2D eigenvalue weighted by molar-refractivity contribution is 5.59. The van der Waals surface area contributed by atoms with Gasteiger partial charge < -0.3 is 10.9 Å². The summed E-state index contributed by atoms with van der Waals surface area (Å²) >= 11 is 0. The van der Waals surface area contributed by atoms with Crippen LogP contribution in [0.4, 0.5) is 17.6 Å². The number of oxime groups is 1. The van der Waals surface area contributed by atoms with Gasteiger partial charge in [-0.25, -0.2) is 17.6 Å². The van der Waals surface area contributed by atoms with E-state index in [9.17, 15) is 17.6 Å². The summed E-state index contributed by atoms with van der Waals surface area (Å²) in [5.74, 6) is -2.76. The minimum atomic E-state index is -0.741. The zero-order chi connectivity index (χ0) is 17.2. The van der Waals surface area contributed by atoms with E-state index in [1.807, 2.05) is 0 Å². The predicted molar refractivity (Wildman–Crippen MR) is 75.0 cm³/mol. The predicted octanol–water partition coefficient (Wildman–Crippen LogP) is 2.22. The second kappa shape index (κ2) is 9.46. The molecule has 0 bridgehead atoms. The van der Waals surface area contributed by atoms with Crippen molar-refractivity contribution in [3.8, 4) is 0 Å². The highest BCUT2D eigenvalue weighted by Crippen LogP contribution is 2.06. The molecule has 0 fully saturated rings. The first-order valence-electron chi connectivity index (χ1n) is 6.43. The third kappa shape index (κ3) is 6.39. The van der Waals surface area contributed by atoms with Gasteiger partial charge >= 0.3 is 0 Å². The van der Waals surface area contributed by atoms with Crippen molar-refractivity contribution in [3.05, 3.63) is 59.2 Å². The molecule has 0 radical (unpaired) electrons. The molecule has 0 aromatic carbocycles.